The molecule has 10 aromatic rings. The van der Waals surface area contributed by atoms with E-state index in [1.54, 1.807) is 0 Å². The van der Waals surface area contributed by atoms with Gasteiger partial charge in [0.1, 0.15) is 0 Å². The molecule has 4 heteroatoms. The first-order chi connectivity index (χ1) is 29.5. The van der Waals surface area contributed by atoms with Crippen LogP contribution in [0, 0.1) is 20.4 Å². The minimum absolute atomic E-state index is 0.597. The van der Waals surface area contributed by atoms with E-state index in [0.717, 1.165) is 50.1 Å². The lowest BCUT2D eigenvalue weighted by atomic mass is 9.91. The number of fused-ring (bicyclic) bond motifs is 3. The van der Waals surface area contributed by atoms with Gasteiger partial charge in [-0.1, -0.05) is 181 Å². The van der Waals surface area contributed by atoms with Crippen LogP contribution in [-0.4, -0.2) is 15.0 Å². The molecule has 0 N–H and O–H groups in total. The third-order valence-electron chi connectivity index (χ3n) is 11.3. The maximum Gasteiger partial charge on any atom is 0.187 e. The molecule has 4 nitrogen and oxygen atoms in total. The number of rotatable bonds is 7. The molecule has 282 valence electrons. The van der Waals surface area contributed by atoms with Gasteiger partial charge in [-0.25, -0.2) is 19.8 Å². The second kappa shape index (κ2) is 15.4. The normalized spacial score (nSPS) is 11.2. The molecule has 0 fully saturated rings. The van der Waals surface area contributed by atoms with E-state index in [0.29, 0.717) is 23.2 Å². The van der Waals surface area contributed by atoms with Gasteiger partial charge in [-0.15, -0.1) is 0 Å². The molecular weight excluding hydrogens is 729 g/mol. The molecule has 60 heavy (non-hydrogen) atoms. The maximum atomic E-state index is 7.86. The standard InChI is InChI=1S/C56H38N4/c1-36-14-18-40(19-15-36)54-58-55(41-20-16-37(2)17-21-41)60-56(59-54)42-25-22-39(23-26-42)51-31-29-49(57-3)35-53(51)47-12-7-11-45(33-47)43-9-6-10-44(32-43)46-28-30-52-48(34-46)27-24-38-8-4-5-13-50(38)52/h4-35H,1-2H3. The Morgan fingerprint density at radius 2 is 0.800 bits per heavy atom. The van der Waals surface area contributed by atoms with Gasteiger partial charge in [0.2, 0.25) is 0 Å². The minimum atomic E-state index is 0.597. The van der Waals surface area contributed by atoms with Crippen molar-refractivity contribution in [3.8, 4) is 78.7 Å². The van der Waals surface area contributed by atoms with Crippen molar-refractivity contribution >= 4 is 27.2 Å². The monoisotopic (exact) mass is 766 g/mol. The fraction of sp³-hybridized carbons (Fsp3) is 0.0357. The van der Waals surface area contributed by atoms with Crippen LogP contribution < -0.4 is 0 Å². The molecule has 0 atom stereocenters. The summed E-state index contributed by atoms with van der Waals surface area (Å²) in [5, 5.41) is 5.01. The van der Waals surface area contributed by atoms with Crippen LogP contribution in [-0.2, 0) is 0 Å². The van der Waals surface area contributed by atoms with Gasteiger partial charge >= 0.3 is 0 Å². The summed E-state index contributed by atoms with van der Waals surface area (Å²) in [6.07, 6.45) is 0. The van der Waals surface area contributed by atoms with Crippen molar-refractivity contribution in [1.82, 2.24) is 15.0 Å². The highest BCUT2D eigenvalue weighted by molar-refractivity contribution is 6.08. The summed E-state index contributed by atoms with van der Waals surface area (Å²) in [6.45, 7) is 12.0. The molecule has 10 rings (SSSR count). The quantitative estimate of drug-likeness (QED) is 0.120. The number of aromatic nitrogens is 3. The first-order valence-corrected chi connectivity index (χ1v) is 20.1. The van der Waals surface area contributed by atoms with Gasteiger partial charge in [0.05, 0.1) is 6.57 Å². The van der Waals surface area contributed by atoms with Crippen molar-refractivity contribution < 1.29 is 0 Å². The van der Waals surface area contributed by atoms with E-state index in [1.165, 1.54) is 43.8 Å². The Labute approximate surface area is 350 Å². The molecule has 0 aliphatic heterocycles. The number of aryl methyl sites for hydroxylation is 2. The van der Waals surface area contributed by atoms with Crippen LogP contribution in [0.1, 0.15) is 11.1 Å². The van der Waals surface area contributed by atoms with Crippen LogP contribution in [0.25, 0.3) is 105 Å². The highest BCUT2D eigenvalue weighted by Gasteiger charge is 2.15. The topological polar surface area (TPSA) is 43.0 Å². The molecule has 0 spiro atoms. The number of hydrogen-bond acceptors (Lipinski definition) is 3. The summed E-state index contributed by atoms with van der Waals surface area (Å²) >= 11 is 0. The largest absolute Gasteiger partial charge is 0.238 e. The Kier molecular flexibility index (Phi) is 9.33. The highest BCUT2D eigenvalue weighted by Crippen LogP contribution is 2.39. The summed E-state index contributed by atoms with van der Waals surface area (Å²) in [7, 11) is 0. The van der Waals surface area contributed by atoms with Crippen LogP contribution in [0.3, 0.4) is 0 Å². The smallest absolute Gasteiger partial charge is 0.187 e. The van der Waals surface area contributed by atoms with E-state index in [2.05, 4.69) is 201 Å². The van der Waals surface area contributed by atoms with E-state index in [1.807, 2.05) is 12.1 Å². The SMILES string of the molecule is [C-]#[N+]c1ccc(-c2ccc(-c3nc(-c4ccc(C)cc4)nc(-c4ccc(C)cc4)n3)cc2)c(-c2cccc(-c3cccc(-c4ccc5c(ccc6ccccc65)c4)c3)c2)c1. The van der Waals surface area contributed by atoms with Gasteiger partial charge in [-0.3, -0.25) is 0 Å². The highest BCUT2D eigenvalue weighted by atomic mass is 15.0. The average molecular weight is 767 g/mol. The maximum absolute atomic E-state index is 7.86. The van der Waals surface area contributed by atoms with Crippen LogP contribution >= 0.6 is 0 Å². The lowest BCUT2D eigenvalue weighted by molar-refractivity contribution is 1.07. The van der Waals surface area contributed by atoms with Crippen LogP contribution in [0.4, 0.5) is 5.69 Å². The molecular formula is C56H38N4. The van der Waals surface area contributed by atoms with Crippen LogP contribution in [0.2, 0.25) is 0 Å². The van der Waals surface area contributed by atoms with E-state index in [9.17, 15) is 0 Å². The third kappa shape index (κ3) is 7.10. The molecule has 0 aliphatic carbocycles. The predicted octanol–water partition coefficient (Wildman–Crippen LogP) is 15.0. The molecule has 1 heterocycles. The fourth-order valence-electron chi connectivity index (χ4n) is 8.00. The van der Waals surface area contributed by atoms with Gasteiger partial charge in [-0.2, -0.15) is 0 Å². The second-order valence-electron chi connectivity index (χ2n) is 15.3. The van der Waals surface area contributed by atoms with Gasteiger partial charge in [0.15, 0.2) is 23.2 Å². The first-order valence-electron chi connectivity index (χ1n) is 20.1. The van der Waals surface area contributed by atoms with Crippen molar-refractivity contribution in [2.24, 2.45) is 0 Å². The molecule has 0 amide bonds. The molecule has 9 aromatic carbocycles. The molecule has 0 unspecified atom stereocenters. The van der Waals surface area contributed by atoms with Gasteiger partial charge in [0.25, 0.3) is 0 Å². The van der Waals surface area contributed by atoms with Crippen molar-refractivity contribution in [2.45, 2.75) is 13.8 Å². The Bertz CT molecular complexity index is 3200. The number of benzene rings is 9. The van der Waals surface area contributed by atoms with Crippen molar-refractivity contribution in [3.63, 3.8) is 0 Å². The van der Waals surface area contributed by atoms with Gasteiger partial charge in [0, 0.05) is 16.7 Å². The Morgan fingerprint density at radius 1 is 0.333 bits per heavy atom. The zero-order valence-corrected chi connectivity index (χ0v) is 33.3. The summed E-state index contributed by atoms with van der Waals surface area (Å²) in [5.41, 5.74) is 14.4. The Hall–Kier alpha value is -8.00. The van der Waals surface area contributed by atoms with E-state index in [-0.39, 0.29) is 0 Å². The van der Waals surface area contributed by atoms with Crippen molar-refractivity contribution in [1.29, 1.82) is 0 Å². The lowest BCUT2D eigenvalue weighted by Crippen LogP contribution is -2.00. The van der Waals surface area contributed by atoms with Crippen molar-refractivity contribution in [2.75, 3.05) is 0 Å². The van der Waals surface area contributed by atoms with E-state index in [4.69, 9.17) is 21.5 Å². The van der Waals surface area contributed by atoms with Gasteiger partial charge in [-0.05, 0) is 104 Å². The van der Waals surface area contributed by atoms with Crippen LogP contribution in [0.5, 0.6) is 0 Å². The van der Waals surface area contributed by atoms with Crippen molar-refractivity contribution in [3.05, 3.63) is 217 Å². The van der Waals surface area contributed by atoms with E-state index < -0.39 is 0 Å². The zero-order valence-electron chi connectivity index (χ0n) is 33.3. The predicted molar refractivity (Wildman–Crippen MR) is 249 cm³/mol. The number of hydrogen-bond donors (Lipinski definition) is 0. The molecule has 0 bridgehead atoms. The molecule has 0 radical (unpaired) electrons. The lowest BCUT2D eigenvalue weighted by Gasteiger charge is -2.14. The first kappa shape index (κ1) is 36.3. The summed E-state index contributed by atoms with van der Waals surface area (Å²) in [5.74, 6) is 1.87. The minimum Gasteiger partial charge on any atom is -0.238 e. The molecule has 0 saturated heterocycles. The second-order valence-corrected chi connectivity index (χ2v) is 15.3. The summed E-state index contributed by atoms with van der Waals surface area (Å²) in [6, 6.07) is 68.0. The Morgan fingerprint density at radius 3 is 1.40 bits per heavy atom. The van der Waals surface area contributed by atoms with Gasteiger partial charge < -0.3 is 0 Å². The summed E-state index contributed by atoms with van der Waals surface area (Å²) in [4.78, 5) is 18.7. The van der Waals surface area contributed by atoms with Crippen LogP contribution in [0.15, 0.2) is 194 Å². The molecule has 0 saturated carbocycles. The third-order valence-corrected chi connectivity index (χ3v) is 11.3. The summed E-state index contributed by atoms with van der Waals surface area (Å²) < 4.78 is 0. The van der Waals surface area contributed by atoms with E-state index >= 15 is 0 Å². The zero-order chi connectivity index (χ0) is 40.6. The Balaban J connectivity index is 0.994. The molecule has 0 aliphatic rings. The average Bonchev–Trinajstić information content (AvgIpc) is 3.31. The number of nitrogens with zero attached hydrogens (tertiary/aromatic N) is 4. The fourth-order valence-corrected chi connectivity index (χ4v) is 8.00. The molecule has 1 aromatic heterocycles.